The molecule has 4 heteroatoms. The van der Waals surface area contributed by atoms with E-state index in [2.05, 4.69) is 40.5 Å². The molecule has 1 amide bonds. The molecule has 1 aromatic rings. The third kappa shape index (κ3) is 3.42. The van der Waals surface area contributed by atoms with Crippen molar-refractivity contribution >= 4 is 5.91 Å². The van der Waals surface area contributed by atoms with E-state index in [1.807, 2.05) is 0 Å². The van der Waals surface area contributed by atoms with Crippen molar-refractivity contribution in [1.82, 2.24) is 10.2 Å². The predicted molar refractivity (Wildman–Crippen MR) is 107 cm³/mol. The quantitative estimate of drug-likeness (QED) is 0.841. The molecule has 146 valence electrons. The van der Waals surface area contributed by atoms with Gasteiger partial charge >= 0.3 is 0 Å². The number of rotatable bonds is 5. The van der Waals surface area contributed by atoms with Crippen LogP contribution in [0.25, 0.3) is 0 Å². The Bertz CT molecular complexity index is 653. The number of hydrogen-bond acceptors (Lipinski definition) is 3. The van der Waals surface area contributed by atoms with Gasteiger partial charge in [0.25, 0.3) is 0 Å². The number of benzene rings is 1. The minimum Gasteiger partial charge on any atom is -0.350 e. The van der Waals surface area contributed by atoms with Crippen LogP contribution in [-0.2, 0) is 4.79 Å². The molecular formula is C23H33N3O. The standard InChI is InChI=1S/C23H33N3O/c24-12-20-13-26(14-21(20)19-4-2-1-3-5-19)15-22(27)25-23-9-16-6-17(10-23)8-18(7-16)11-23/h1-5,16-18,20-21H,6-15,24H2,(H,25,27)/t16?,17?,18?,20-,21+,23?/m1/s1. The topological polar surface area (TPSA) is 58.4 Å². The van der Waals surface area contributed by atoms with E-state index in [4.69, 9.17) is 5.73 Å². The highest BCUT2D eigenvalue weighted by molar-refractivity contribution is 5.79. The monoisotopic (exact) mass is 367 g/mol. The molecule has 4 bridgehead atoms. The van der Waals surface area contributed by atoms with Gasteiger partial charge in [0.1, 0.15) is 0 Å². The first-order chi connectivity index (χ1) is 13.1. The summed E-state index contributed by atoms with van der Waals surface area (Å²) in [6, 6.07) is 10.7. The van der Waals surface area contributed by atoms with Crippen LogP contribution < -0.4 is 11.1 Å². The maximum atomic E-state index is 12.9. The number of nitrogens with two attached hydrogens (primary N) is 1. The molecule has 0 spiro atoms. The van der Waals surface area contributed by atoms with Gasteiger partial charge in [0, 0.05) is 24.5 Å². The van der Waals surface area contributed by atoms with Crippen molar-refractivity contribution in [2.24, 2.45) is 29.4 Å². The highest BCUT2D eigenvalue weighted by atomic mass is 16.2. The molecule has 3 N–H and O–H groups in total. The molecule has 1 saturated heterocycles. The highest BCUT2D eigenvalue weighted by Gasteiger charge is 2.51. The Balaban J connectivity index is 1.22. The predicted octanol–water partition coefficient (Wildman–Crippen LogP) is 2.75. The number of carbonyl (C=O) groups is 1. The summed E-state index contributed by atoms with van der Waals surface area (Å²) in [5.74, 6) is 3.73. The molecule has 1 aromatic carbocycles. The minimum atomic E-state index is 0.123. The van der Waals surface area contributed by atoms with Gasteiger partial charge in [-0.25, -0.2) is 0 Å². The van der Waals surface area contributed by atoms with Crippen LogP contribution in [0.3, 0.4) is 0 Å². The molecule has 4 nitrogen and oxygen atoms in total. The van der Waals surface area contributed by atoms with Crippen molar-refractivity contribution in [3.8, 4) is 0 Å². The molecule has 4 saturated carbocycles. The zero-order chi connectivity index (χ0) is 18.4. The van der Waals surface area contributed by atoms with Crippen LogP contribution in [0.5, 0.6) is 0 Å². The van der Waals surface area contributed by atoms with Gasteiger partial charge in [-0.2, -0.15) is 0 Å². The second-order valence-corrected chi connectivity index (χ2v) is 9.95. The molecular weight excluding hydrogens is 334 g/mol. The number of nitrogens with one attached hydrogen (secondary N) is 1. The number of nitrogens with zero attached hydrogens (tertiary/aromatic N) is 1. The summed E-state index contributed by atoms with van der Waals surface area (Å²) in [6.07, 6.45) is 7.92. The largest absolute Gasteiger partial charge is 0.350 e. The van der Waals surface area contributed by atoms with Gasteiger partial charge < -0.3 is 11.1 Å². The zero-order valence-corrected chi connectivity index (χ0v) is 16.3. The van der Waals surface area contributed by atoms with E-state index in [1.165, 1.54) is 44.1 Å². The molecule has 0 radical (unpaired) electrons. The molecule has 27 heavy (non-hydrogen) atoms. The average Bonchev–Trinajstić information content (AvgIpc) is 3.03. The first-order valence-corrected chi connectivity index (χ1v) is 10.9. The van der Waals surface area contributed by atoms with Gasteiger partial charge in [-0.1, -0.05) is 30.3 Å². The molecule has 5 fully saturated rings. The number of hydrogen-bond donors (Lipinski definition) is 2. The fourth-order valence-electron chi connectivity index (χ4n) is 7.21. The third-order valence-corrected chi connectivity index (χ3v) is 7.86. The van der Waals surface area contributed by atoms with E-state index in [0.717, 1.165) is 30.8 Å². The van der Waals surface area contributed by atoms with E-state index in [0.29, 0.717) is 24.9 Å². The van der Waals surface area contributed by atoms with Gasteiger partial charge in [0.05, 0.1) is 6.54 Å². The summed E-state index contributed by atoms with van der Waals surface area (Å²) < 4.78 is 0. The Labute approximate surface area is 162 Å². The molecule has 5 aliphatic rings. The lowest BCUT2D eigenvalue weighted by atomic mass is 9.53. The van der Waals surface area contributed by atoms with Crippen LogP contribution in [0.2, 0.25) is 0 Å². The molecule has 0 unspecified atom stereocenters. The SMILES string of the molecule is NC[C@@H]1CN(CC(=O)NC23CC4CC(CC(C4)C2)C3)C[C@H]1c1ccccc1. The summed E-state index contributed by atoms with van der Waals surface area (Å²) in [5.41, 5.74) is 7.54. The van der Waals surface area contributed by atoms with E-state index < -0.39 is 0 Å². The van der Waals surface area contributed by atoms with Crippen LogP contribution in [0.1, 0.15) is 50.0 Å². The van der Waals surface area contributed by atoms with Crippen molar-refractivity contribution in [3.05, 3.63) is 35.9 Å². The van der Waals surface area contributed by atoms with Crippen molar-refractivity contribution < 1.29 is 4.79 Å². The highest BCUT2D eigenvalue weighted by Crippen LogP contribution is 2.55. The Morgan fingerprint density at radius 3 is 2.26 bits per heavy atom. The van der Waals surface area contributed by atoms with E-state index in [9.17, 15) is 4.79 Å². The first-order valence-electron chi connectivity index (χ1n) is 10.9. The van der Waals surface area contributed by atoms with Crippen LogP contribution in [0, 0.1) is 23.7 Å². The molecule has 2 atom stereocenters. The third-order valence-electron chi connectivity index (χ3n) is 7.86. The van der Waals surface area contributed by atoms with Crippen LogP contribution >= 0.6 is 0 Å². The lowest BCUT2D eigenvalue weighted by Crippen LogP contribution is -2.60. The molecule has 4 aliphatic carbocycles. The van der Waals surface area contributed by atoms with E-state index in [1.54, 1.807) is 0 Å². The van der Waals surface area contributed by atoms with Crippen molar-refractivity contribution in [1.29, 1.82) is 0 Å². The summed E-state index contributed by atoms with van der Waals surface area (Å²) in [6.45, 7) is 3.10. The Kier molecular flexibility index (Phi) is 4.52. The van der Waals surface area contributed by atoms with Gasteiger partial charge in [0.2, 0.25) is 5.91 Å². The second kappa shape index (κ2) is 6.89. The second-order valence-electron chi connectivity index (χ2n) is 9.95. The van der Waals surface area contributed by atoms with Crippen molar-refractivity contribution in [2.45, 2.75) is 50.0 Å². The fraction of sp³-hybridized carbons (Fsp3) is 0.696. The lowest BCUT2D eigenvalue weighted by Gasteiger charge is -2.57. The maximum Gasteiger partial charge on any atom is 0.234 e. The number of carbonyl (C=O) groups excluding carboxylic acids is 1. The van der Waals surface area contributed by atoms with E-state index in [-0.39, 0.29) is 11.4 Å². The van der Waals surface area contributed by atoms with Gasteiger partial charge in [-0.05, 0) is 74.3 Å². The fourth-order valence-corrected chi connectivity index (χ4v) is 7.21. The van der Waals surface area contributed by atoms with Crippen molar-refractivity contribution in [3.63, 3.8) is 0 Å². The summed E-state index contributed by atoms with van der Waals surface area (Å²) in [7, 11) is 0. The first kappa shape index (κ1) is 17.7. The van der Waals surface area contributed by atoms with Gasteiger partial charge in [-0.15, -0.1) is 0 Å². The zero-order valence-electron chi connectivity index (χ0n) is 16.3. The number of amides is 1. The summed E-state index contributed by atoms with van der Waals surface area (Å²) in [5, 5.41) is 3.53. The van der Waals surface area contributed by atoms with Crippen molar-refractivity contribution in [2.75, 3.05) is 26.2 Å². The van der Waals surface area contributed by atoms with Crippen LogP contribution in [-0.4, -0.2) is 42.5 Å². The minimum absolute atomic E-state index is 0.123. The molecule has 1 aliphatic heterocycles. The molecule has 0 aromatic heterocycles. The summed E-state index contributed by atoms with van der Waals surface area (Å²) >= 11 is 0. The van der Waals surface area contributed by atoms with Gasteiger partial charge in [0.15, 0.2) is 0 Å². The summed E-state index contributed by atoms with van der Waals surface area (Å²) in [4.78, 5) is 15.3. The van der Waals surface area contributed by atoms with Crippen LogP contribution in [0.15, 0.2) is 30.3 Å². The van der Waals surface area contributed by atoms with E-state index >= 15 is 0 Å². The maximum absolute atomic E-state index is 12.9. The Hall–Kier alpha value is -1.39. The van der Waals surface area contributed by atoms with Crippen LogP contribution in [0.4, 0.5) is 0 Å². The average molecular weight is 368 g/mol. The number of likely N-dealkylation sites (tertiary alicyclic amines) is 1. The lowest BCUT2D eigenvalue weighted by molar-refractivity contribution is -0.127. The van der Waals surface area contributed by atoms with Gasteiger partial charge in [-0.3, -0.25) is 9.69 Å². The Morgan fingerprint density at radius 1 is 1.04 bits per heavy atom. The Morgan fingerprint density at radius 2 is 1.67 bits per heavy atom. The molecule has 6 rings (SSSR count). The smallest absolute Gasteiger partial charge is 0.234 e. The normalized spacial score (nSPS) is 40.4. The molecule has 1 heterocycles.